The van der Waals surface area contributed by atoms with Crippen LogP contribution in [0.1, 0.15) is 54.8 Å². The molecule has 0 radical (unpaired) electrons. The van der Waals surface area contributed by atoms with E-state index >= 15 is 0 Å². The lowest BCUT2D eigenvalue weighted by Gasteiger charge is -2.37. The zero-order valence-electron chi connectivity index (χ0n) is 17.9. The largest absolute Gasteiger partial charge is 0.478 e. The van der Waals surface area contributed by atoms with Gasteiger partial charge < -0.3 is 20.9 Å². The summed E-state index contributed by atoms with van der Waals surface area (Å²) >= 11 is 0. The number of aryl methyl sites for hydroxylation is 1. The number of carboxylic acids is 1. The molecule has 1 aromatic carbocycles. The Morgan fingerprint density at radius 1 is 1.19 bits per heavy atom. The van der Waals surface area contributed by atoms with E-state index < -0.39 is 24.8 Å². The minimum Gasteiger partial charge on any atom is -0.478 e. The second-order valence-electron chi connectivity index (χ2n) is 8.68. The molecule has 1 aliphatic heterocycles. The van der Waals surface area contributed by atoms with Gasteiger partial charge in [-0.3, -0.25) is 4.90 Å². The number of likely N-dealkylation sites (tertiary alicyclic amines) is 1. The molecule has 1 aliphatic carbocycles. The number of alkyl halides is 3. The first-order valence-electron chi connectivity index (χ1n) is 11.1. The van der Waals surface area contributed by atoms with Crippen molar-refractivity contribution in [3.63, 3.8) is 0 Å². The highest BCUT2D eigenvalue weighted by Gasteiger charge is 2.36. The number of aliphatic carboxylic acids is 1. The number of hydrogen-bond acceptors (Lipinski definition) is 5. The average molecular weight is 454 g/mol. The first-order chi connectivity index (χ1) is 15.1. The van der Waals surface area contributed by atoms with Crippen molar-refractivity contribution >= 4 is 13.1 Å². The molecule has 176 valence electrons. The van der Waals surface area contributed by atoms with E-state index in [0.717, 1.165) is 30.0 Å². The van der Waals surface area contributed by atoms with E-state index in [0.29, 0.717) is 49.9 Å². The Hall–Kier alpha value is -1.88. The van der Waals surface area contributed by atoms with Crippen molar-refractivity contribution in [3.8, 4) is 0 Å². The fourth-order valence-electron chi connectivity index (χ4n) is 5.10. The summed E-state index contributed by atoms with van der Waals surface area (Å²) < 4.78 is 39.5. The summed E-state index contributed by atoms with van der Waals surface area (Å²) in [6, 6.07) is 3.91. The highest BCUT2D eigenvalue weighted by molar-refractivity contribution is 6.40. The maximum Gasteiger partial charge on any atom is 0.451 e. The van der Waals surface area contributed by atoms with Gasteiger partial charge in [0.2, 0.25) is 0 Å². The Labute approximate surface area is 186 Å². The number of fused-ring (bicyclic) bond motifs is 1. The summed E-state index contributed by atoms with van der Waals surface area (Å²) in [5.74, 6) is -1.18. The standard InChI is InChI=1S/C22H30BF3N2O4/c24-22(25,26)17-5-3-14-4-6-19(18(14)12-17)28-10-7-15(8-11-28)20(21(29)30)16(13-27)2-1-9-23(31)32/h3,5,12,15,19,31-32H,1-2,4,6-11,13,27H2,(H,29,30)/b20-16-. The van der Waals surface area contributed by atoms with Crippen molar-refractivity contribution in [1.29, 1.82) is 0 Å². The highest BCUT2D eigenvalue weighted by atomic mass is 19.4. The number of nitrogens with zero attached hydrogens (tertiary/aromatic N) is 1. The fourth-order valence-corrected chi connectivity index (χ4v) is 5.10. The Morgan fingerprint density at radius 2 is 1.88 bits per heavy atom. The summed E-state index contributed by atoms with van der Waals surface area (Å²) in [5, 5.41) is 27.9. The number of piperidine rings is 1. The number of carbonyl (C=O) groups is 1. The van der Waals surface area contributed by atoms with E-state index in [-0.39, 0.29) is 24.8 Å². The molecule has 1 aromatic rings. The van der Waals surface area contributed by atoms with Gasteiger partial charge in [-0.2, -0.15) is 13.2 Å². The SMILES string of the molecule is NC/C(CCCB(O)O)=C(\C(=O)O)C1CCN(C2CCc3ccc(C(F)(F)F)cc32)CC1. The van der Waals surface area contributed by atoms with Gasteiger partial charge in [-0.15, -0.1) is 0 Å². The summed E-state index contributed by atoms with van der Waals surface area (Å²) in [6.07, 6.45) is -0.701. The third kappa shape index (κ3) is 5.72. The lowest BCUT2D eigenvalue weighted by molar-refractivity contribution is -0.137. The normalized spacial score (nSPS) is 20.8. The molecule has 2 aliphatic rings. The molecule has 0 bridgehead atoms. The Morgan fingerprint density at radius 3 is 2.44 bits per heavy atom. The summed E-state index contributed by atoms with van der Waals surface area (Å²) in [6.45, 7) is 1.31. The molecule has 0 spiro atoms. The van der Waals surface area contributed by atoms with E-state index in [4.69, 9.17) is 15.8 Å². The molecule has 1 unspecified atom stereocenters. The van der Waals surface area contributed by atoms with Crippen molar-refractivity contribution in [1.82, 2.24) is 4.90 Å². The second-order valence-corrected chi connectivity index (χ2v) is 8.68. The van der Waals surface area contributed by atoms with E-state index in [9.17, 15) is 23.1 Å². The lowest BCUT2D eigenvalue weighted by atomic mass is 9.80. The molecule has 32 heavy (non-hydrogen) atoms. The van der Waals surface area contributed by atoms with Gasteiger partial charge in [0.15, 0.2) is 0 Å². The van der Waals surface area contributed by atoms with Gasteiger partial charge in [0.05, 0.1) is 5.56 Å². The van der Waals surface area contributed by atoms with Gasteiger partial charge in [0.1, 0.15) is 0 Å². The minimum absolute atomic E-state index is 0.0782. The smallest absolute Gasteiger partial charge is 0.451 e. The first-order valence-corrected chi connectivity index (χ1v) is 11.1. The van der Waals surface area contributed by atoms with Crippen LogP contribution in [-0.4, -0.2) is 52.8 Å². The quantitative estimate of drug-likeness (QED) is 0.356. The van der Waals surface area contributed by atoms with Crippen molar-refractivity contribution in [2.24, 2.45) is 11.7 Å². The van der Waals surface area contributed by atoms with E-state index in [2.05, 4.69) is 4.90 Å². The number of carboxylic acid groups (broad SMARTS) is 1. The van der Waals surface area contributed by atoms with Crippen molar-refractivity contribution in [2.75, 3.05) is 19.6 Å². The lowest BCUT2D eigenvalue weighted by Crippen LogP contribution is -2.37. The minimum atomic E-state index is -4.37. The van der Waals surface area contributed by atoms with Crippen LogP contribution >= 0.6 is 0 Å². The van der Waals surface area contributed by atoms with Gasteiger partial charge in [0.25, 0.3) is 0 Å². The van der Waals surface area contributed by atoms with Crippen LogP contribution in [0.3, 0.4) is 0 Å². The molecule has 0 amide bonds. The highest BCUT2D eigenvalue weighted by Crippen LogP contribution is 2.41. The van der Waals surface area contributed by atoms with Crippen LogP contribution in [-0.2, 0) is 17.4 Å². The number of hydrogen-bond donors (Lipinski definition) is 4. The van der Waals surface area contributed by atoms with Crippen LogP contribution in [0, 0.1) is 5.92 Å². The van der Waals surface area contributed by atoms with Gasteiger partial charge in [-0.05, 0) is 86.3 Å². The van der Waals surface area contributed by atoms with Crippen molar-refractivity contribution in [3.05, 3.63) is 46.0 Å². The molecule has 10 heteroatoms. The van der Waals surface area contributed by atoms with Crippen LogP contribution in [0.15, 0.2) is 29.3 Å². The van der Waals surface area contributed by atoms with Crippen LogP contribution in [0.25, 0.3) is 0 Å². The zero-order valence-corrected chi connectivity index (χ0v) is 17.9. The van der Waals surface area contributed by atoms with Gasteiger partial charge in [0, 0.05) is 18.2 Å². The molecular weight excluding hydrogens is 424 g/mol. The van der Waals surface area contributed by atoms with Crippen LogP contribution in [0.2, 0.25) is 6.32 Å². The number of benzene rings is 1. The predicted octanol–water partition coefficient (Wildman–Crippen LogP) is 3.00. The third-order valence-corrected chi connectivity index (χ3v) is 6.70. The van der Waals surface area contributed by atoms with Crippen molar-refractivity contribution < 1.29 is 33.1 Å². The maximum absolute atomic E-state index is 13.2. The number of nitrogens with two attached hydrogens (primary N) is 1. The molecule has 0 saturated carbocycles. The third-order valence-electron chi connectivity index (χ3n) is 6.70. The molecule has 0 aromatic heterocycles. The fraction of sp³-hybridized carbons (Fsp3) is 0.591. The van der Waals surface area contributed by atoms with Gasteiger partial charge >= 0.3 is 19.3 Å². The van der Waals surface area contributed by atoms with Crippen LogP contribution < -0.4 is 5.73 Å². The molecule has 5 N–H and O–H groups in total. The Kier molecular flexibility index (Phi) is 8.03. The van der Waals surface area contributed by atoms with E-state index in [1.54, 1.807) is 6.07 Å². The maximum atomic E-state index is 13.2. The summed E-state index contributed by atoms with van der Waals surface area (Å²) in [7, 11) is -1.43. The van der Waals surface area contributed by atoms with Gasteiger partial charge in [-0.1, -0.05) is 12.5 Å². The van der Waals surface area contributed by atoms with E-state index in [1.807, 2.05) is 0 Å². The first kappa shape index (κ1) is 24.8. The van der Waals surface area contributed by atoms with E-state index in [1.165, 1.54) is 6.07 Å². The molecular formula is C22H30BF3N2O4. The molecule has 1 heterocycles. The topological polar surface area (TPSA) is 107 Å². The monoisotopic (exact) mass is 454 g/mol. The zero-order chi connectivity index (χ0) is 23.5. The second kappa shape index (κ2) is 10.4. The van der Waals surface area contributed by atoms with Crippen LogP contribution in [0.5, 0.6) is 0 Å². The molecule has 3 rings (SSSR count). The number of halogens is 3. The molecule has 6 nitrogen and oxygen atoms in total. The summed E-state index contributed by atoms with van der Waals surface area (Å²) in [5.41, 5.74) is 7.80. The molecule has 1 atom stereocenters. The molecule has 1 fully saturated rings. The molecule has 1 saturated heterocycles. The summed E-state index contributed by atoms with van der Waals surface area (Å²) in [4.78, 5) is 14.2. The van der Waals surface area contributed by atoms with Crippen LogP contribution in [0.4, 0.5) is 13.2 Å². The van der Waals surface area contributed by atoms with Gasteiger partial charge in [-0.25, -0.2) is 4.79 Å². The number of rotatable bonds is 8. The van der Waals surface area contributed by atoms with Crippen molar-refractivity contribution in [2.45, 2.75) is 57.1 Å². The Balaban J connectivity index is 1.71. The average Bonchev–Trinajstić information content (AvgIpc) is 3.15. The Bertz CT molecular complexity index is 852. The predicted molar refractivity (Wildman–Crippen MR) is 115 cm³/mol.